The summed E-state index contributed by atoms with van der Waals surface area (Å²) in [7, 11) is 0. The van der Waals surface area contributed by atoms with Crippen molar-refractivity contribution < 1.29 is 18.8 Å². The Morgan fingerprint density at radius 3 is 2.64 bits per heavy atom. The fraction of sp³-hybridized carbons (Fsp3) is 0.368. The highest BCUT2D eigenvalue weighted by Gasteiger charge is 2.49. The Hall–Kier alpha value is -3.23. The third kappa shape index (κ3) is 3.88. The van der Waals surface area contributed by atoms with E-state index in [0.29, 0.717) is 18.5 Å². The summed E-state index contributed by atoms with van der Waals surface area (Å²) in [6.07, 6.45) is 3.22. The molecule has 3 N–H and O–H groups in total. The van der Waals surface area contributed by atoms with Crippen molar-refractivity contribution in [1.29, 1.82) is 0 Å². The molecule has 1 saturated heterocycles. The van der Waals surface area contributed by atoms with E-state index in [1.807, 2.05) is 6.92 Å². The van der Waals surface area contributed by atoms with Gasteiger partial charge >= 0.3 is 6.03 Å². The number of hydrogen-bond acceptors (Lipinski definition) is 4. The van der Waals surface area contributed by atoms with Crippen LogP contribution in [0, 0.1) is 12.7 Å². The van der Waals surface area contributed by atoms with Crippen molar-refractivity contribution in [2.75, 3.05) is 13.1 Å². The Kier molecular flexibility index (Phi) is 5.43. The lowest BCUT2D eigenvalue weighted by atomic mass is 9.92. The van der Waals surface area contributed by atoms with Gasteiger partial charge in [-0.05, 0) is 49.9 Å². The zero-order chi connectivity index (χ0) is 20.3. The van der Waals surface area contributed by atoms with Crippen molar-refractivity contribution in [3.05, 3.63) is 53.1 Å². The van der Waals surface area contributed by atoms with E-state index in [-0.39, 0.29) is 6.54 Å². The van der Waals surface area contributed by atoms with Gasteiger partial charge in [-0.25, -0.2) is 9.18 Å². The van der Waals surface area contributed by atoms with Gasteiger partial charge in [-0.1, -0.05) is 12.1 Å². The molecular weight excluding hydrogens is 365 g/mol. The van der Waals surface area contributed by atoms with Crippen LogP contribution in [0.5, 0.6) is 0 Å². The van der Waals surface area contributed by atoms with E-state index in [9.17, 15) is 18.8 Å². The quantitative estimate of drug-likeness (QED) is 0.493. The van der Waals surface area contributed by atoms with E-state index in [0.717, 1.165) is 22.6 Å². The number of carbonyl (C=O) groups excluding carboxylic acids is 3. The number of halogens is 1. The number of amides is 4. The number of nitrogens with one attached hydrogen (secondary N) is 3. The van der Waals surface area contributed by atoms with Gasteiger partial charge in [0.1, 0.15) is 17.9 Å². The number of aromatic nitrogens is 2. The van der Waals surface area contributed by atoms with Crippen LogP contribution in [0.1, 0.15) is 30.2 Å². The van der Waals surface area contributed by atoms with E-state index in [4.69, 9.17) is 0 Å². The summed E-state index contributed by atoms with van der Waals surface area (Å²) in [5, 5.41) is 12.1. The SMILES string of the molecule is Cc1[nH]ncc1CCCNC(=O)CN1C(=O)NC(C)(c2ccc(F)cc2)C1=O. The molecule has 28 heavy (non-hydrogen) atoms. The second kappa shape index (κ2) is 7.79. The summed E-state index contributed by atoms with van der Waals surface area (Å²) in [4.78, 5) is 38.0. The largest absolute Gasteiger partial charge is 0.355 e. The first kappa shape index (κ1) is 19.5. The monoisotopic (exact) mass is 387 g/mol. The van der Waals surface area contributed by atoms with Crippen LogP contribution in [0.25, 0.3) is 0 Å². The molecule has 1 unspecified atom stereocenters. The summed E-state index contributed by atoms with van der Waals surface area (Å²) in [6.45, 7) is 3.51. The number of aromatic amines is 1. The third-order valence-corrected chi connectivity index (χ3v) is 4.88. The summed E-state index contributed by atoms with van der Waals surface area (Å²) >= 11 is 0. The maximum Gasteiger partial charge on any atom is 0.325 e. The molecule has 1 aromatic carbocycles. The van der Waals surface area contributed by atoms with Gasteiger partial charge in [-0.2, -0.15) is 5.10 Å². The van der Waals surface area contributed by atoms with Gasteiger partial charge < -0.3 is 10.6 Å². The molecule has 1 aliphatic rings. The third-order valence-electron chi connectivity index (χ3n) is 4.88. The van der Waals surface area contributed by atoms with Crippen molar-refractivity contribution in [3.63, 3.8) is 0 Å². The fourth-order valence-electron chi connectivity index (χ4n) is 3.15. The molecule has 1 atom stereocenters. The van der Waals surface area contributed by atoms with Gasteiger partial charge in [-0.15, -0.1) is 0 Å². The molecule has 0 spiro atoms. The molecule has 8 nitrogen and oxygen atoms in total. The number of imide groups is 1. The maximum absolute atomic E-state index is 13.1. The Labute approximate surface area is 161 Å². The lowest BCUT2D eigenvalue weighted by molar-refractivity contribution is -0.134. The van der Waals surface area contributed by atoms with Crippen molar-refractivity contribution in [2.24, 2.45) is 0 Å². The van der Waals surface area contributed by atoms with Gasteiger partial charge in [0.25, 0.3) is 5.91 Å². The fourth-order valence-corrected chi connectivity index (χ4v) is 3.15. The molecule has 9 heteroatoms. The molecule has 0 aliphatic carbocycles. The molecule has 2 heterocycles. The highest BCUT2D eigenvalue weighted by molar-refractivity contribution is 6.09. The minimum absolute atomic E-state index is 0.369. The Morgan fingerprint density at radius 2 is 2.00 bits per heavy atom. The Balaban J connectivity index is 1.54. The summed E-state index contributed by atoms with van der Waals surface area (Å²) in [6, 6.07) is 4.67. The van der Waals surface area contributed by atoms with E-state index in [1.54, 1.807) is 6.20 Å². The molecule has 0 radical (unpaired) electrons. The molecule has 1 aromatic heterocycles. The average Bonchev–Trinajstić information content (AvgIpc) is 3.16. The van der Waals surface area contributed by atoms with Crippen LogP contribution in [0.3, 0.4) is 0 Å². The van der Waals surface area contributed by atoms with Crippen molar-refractivity contribution in [1.82, 2.24) is 25.7 Å². The molecule has 0 saturated carbocycles. The van der Waals surface area contributed by atoms with Gasteiger partial charge in [0.2, 0.25) is 5.91 Å². The molecule has 1 aliphatic heterocycles. The zero-order valence-electron chi connectivity index (χ0n) is 15.7. The molecule has 4 amide bonds. The first-order chi connectivity index (χ1) is 13.3. The summed E-state index contributed by atoms with van der Waals surface area (Å²) < 4.78 is 13.1. The van der Waals surface area contributed by atoms with E-state index < -0.39 is 29.2 Å². The van der Waals surface area contributed by atoms with Crippen molar-refractivity contribution in [3.8, 4) is 0 Å². The topological polar surface area (TPSA) is 107 Å². The number of rotatable bonds is 7. The standard InChI is InChI=1S/C19H22FN5O3/c1-12-13(10-22-24-12)4-3-9-21-16(26)11-25-17(27)19(2,23-18(25)28)14-5-7-15(20)8-6-14/h5-8,10H,3-4,9,11H2,1-2H3,(H,21,26)(H,22,24)(H,23,28). The van der Waals surface area contributed by atoms with Crippen molar-refractivity contribution in [2.45, 2.75) is 32.2 Å². The highest BCUT2D eigenvalue weighted by Crippen LogP contribution is 2.28. The van der Waals surface area contributed by atoms with Crippen LogP contribution in [0.4, 0.5) is 9.18 Å². The molecule has 3 rings (SSSR count). The first-order valence-corrected chi connectivity index (χ1v) is 8.97. The Morgan fingerprint density at radius 1 is 1.29 bits per heavy atom. The first-order valence-electron chi connectivity index (χ1n) is 8.97. The Bertz CT molecular complexity index is 895. The summed E-state index contributed by atoms with van der Waals surface area (Å²) in [5.41, 5.74) is 1.19. The molecule has 2 aromatic rings. The number of hydrogen-bond donors (Lipinski definition) is 3. The number of H-pyrrole nitrogens is 1. The smallest absolute Gasteiger partial charge is 0.325 e. The van der Waals surface area contributed by atoms with Gasteiger partial charge in [0.05, 0.1) is 6.20 Å². The minimum Gasteiger partial charge on any atom is -0.355 e. The summed E-state index contributed by atoms with van der Waals surface area (Å²) in [5.74, 6) is -1.41. The van der Waals surface area contributed by atoms with E-state index in [2.05, 4.69) is 20.8 Å². The van der Waals surface area contributed by atoms with Crippen LogP contribution >= 0.6 is 0 Å². The number of nitrogens with zero attached hydrogens (tertiary/aromatic N) is 2. The average molecular weight is 387 g/mol. The number of benzene rings is 1. The predicted octanol–water partition coefficient (Wildman–Crippen LogP) is 1.37. The van der Waals surface area contributed by atoms with Crippen LogP contribution in [0.2, 0.25) is 0 Å². The van der Waals surface area contributed by atoms with Crippen molar-refractivity contribution >= 4 is 17.8 Å². The second-order valence-electron chi connectivity index (χ2n) is 6.93. The lowest BCUT2D eigenvalue weighted by Crippen LogP contribution is -2.43. The molecule has 1 fully saturated rings. The van der Waals surface area contributed by atoms with Gasteiger partial charge in [0.15, 0.2) is 0 Å². The normalized spacial score (nSPS) is 19.0. The minimum atomic E-state index is -1.33. The number of carbonyl (C=O) groups is 3. The maximum atomic E-state index is 13.1. The van der Waals surface area contributed by atoms with E-state index >= 15 is 0 Å². The van der Waals surface area contributed by atoms with Gasteiger partial charge in [0, 0.05) is 12.2 Å². The van der Waals surface area contributed by atoms with E-state index in [1.165, 1.54) is 31.2 Å². The second-order valence-corrected chi connectivity index (χ2v) is 6.93. The van der Waals surface area contributed by atoms with Crippen LogP contribution in [-0.4, -0.2) is 46.0 Å². The van der Waals surface area contributed by atoms with Crippen LogP contribution in [0.15, 0.2) is 30.5 Å². The predicted molar refractivity (Wildman–Crippen MR) is 98.7 cm³/mol. The zero-order valence-corrected chi connectivity index (χ0v) is 15.7. The molecular formula is C19H22FN5O3. The van der Waals surface area contributed by atoms with Gasteiger partial charge in [-0.3, -0.25) is 19.6 Å². The highest BCUT2D eigenvalue weighted by atomic mass is 19.1. The molecule has 0 bridgehead atoms. The lowest BCUT2D eigenvalue weighted by Gasteiger charge is -2.22. The number of aryl methyl sites for hydroxylation is 2. The van der Waals surface area contributed by atoms with Crippen LogP contribution in [-0.2, 0) is 21.5 Å². The molecule has 148 valence electrons. The van der Waals surface area contributed by atoms with Crippen LogP contribution < -0.4 is 10.6 Å². The number of urea groups is 1.